The minimum absolute atomic E-state index is 0.992. The number of hydrogen-bond acceptors (Lipinski definition) is 3. The van der Waals surface area contributed by atoms with Crippen LogP contribution in [0.5, 0.6) is 0 Å². The number of benzene rings is 1. The summed E-state index contributed by atoms with van der Waals surface area (Å²) in [6, 6.07) is 13.0. The minimum Gasteiger partial charge on any atom is -0.311 e. The molecule has 1 aromatic heterocycles. The summed E-state index contributed by atoms with van der Waals surface area (Å²) in [6.45, 7) is 4.17. The van der Waals surface area contributed by atoms with E-state index in [4.69, 9.17) is 0 Å². The van der Waals surface area contributed by atoms with Gasteiger partial charge in [-0.05, 0) is 30.5 Å². The van der Waals surface area contributed by atoms with Crippen molar-refractivity contribution in [2.75, 3.05) is 12.3 Å². The number of thiophene rings is 1. The van der Waals surface area contributed by atoms with Crippen molar-refractivity contribution in [1.82, 2.24) is 5.32 Å². The van der Waals surface area contributed by atoms with Crippen molar-refractivity contribution >= 4 is 23.1 Å². The second-order valence-corrected chi connectivity index (χ2v) is 6.12. The lowest BCUT2D eigenvalue weighted by atomic mass is 10.2. The van der Waals surface area contributed by atoms with E-state index in [2.05, 4.69) is 54.0 Å². The van der Waals surface area contributed by atoms with Crippen LogP contribution in [-0.2, 0) is 6.54 Å². The highest BCUT2D eigenvalue weighted by Gasteiger charge is 1.95. The number of nitrogens with one attached hydrogen (secondary N) is 1. The Morgan fingerprint density at radius 3 is 2.71 bits per heavy atom. The summed E-state index contributed by atoms with van der Waals surface area (Å²) in [4.78, 5) is 2.76. The topological polar surface area (TPSA) is 12.0 Å². The van der Waals surface area contributed by atoms with E-state index in [0.717, 1.165) is 18.8 Å². The molecule has 0 amide bonds. The molecule has 0 aliphatic rings. The number of aryl methyl sites for hydroxylation is 1. The molecule has 17 heavy (non-hydrogen) atoms. The van der Waals surface area contributed by atoms with E-state index in [-0.39, 0.29) is 0 Å². The van der Waals surface area contributed by atoms with Gasteiger partial charge in [-0.15, -0.1) is 23.1 Å². The van der Waals surface area contributed by atoms with Crippen LogP contribution in [0.15, 0.2) is 46.7 Å². The monoisotopic (exact) mass is 263 g/mol. The van der Waals surface area contributed by atoms with Crippen LogP contribution in [0, 0.1) is 6.92 Å². The van der Waals surface area contributed by atoms with Crippen molar-refractivity contribution in [3.8, 4) is 0 Å². The van der Waals surface area contributed by atoms with E-state index in [1.165, 1.54) is 15.3 Å². The molecule has 0 aliphatic heterocycles. The molecule has 0 unspecified atom stereocenters. The fraction of sp³-hybridized carbons (Fsp3) is 0.286. The Morgan fingerprint density at radius 2 is 2.00 bits per heavy atom. The Hall–Kier alpha value is -0.770. The maximum Gasteiger partial charge on any atom is 0.0300 e. The molecule has 2 aromatic rings. The lowest BCUT2D eigenvalue weighted by Gasteiger charge is -2.03. The normalized spacial score (nSPS) is 10.6. The van der Waals surface area contributed by atoms with Gasteiger partial charge in [0.05, 0.1) is 0 Å². The van der Waals surface area contributed by atoms with E-state index in [0.29, 0.717) is 0 Å². The van der Waals surface area contributed by atoms with Crippen molar-refractivity contribution in [3.63, 3.8) is 0 Å². The van der Waals surface area contributed by atoms with Crippen LogP contribution < -0.4 is 5.32 Å². The fourth-order valence-corrected chi connectivity index (χ4v) is 2.99. The van der Waals surface area contributed by atoms with Crippen LogP contribution in [0.25, 0.3) is 0 Å². The zero-order valence-electron chi connectivity index (χ0n) is 9.98. The van der Waals surface area contributed by atoms with Gasteiger partial charge in [0.1, 0.15) is 0 Å². The summed E-state index contributed by atoms with van der Waals surface area (Å²) in [6.07, 6.45) is 0. The molecule has 1 heterocycles. The van der Waals surface area contributed by atoms with E-state index in [9.17, 15) is 0 Å². The lowest BCUT2D eigenvalue weighted by Crippen LogP contribution is -2.15. The largest absolute Gasteiger partial charge is 0.311 e. The van der Waals surface area contributed by atoms with Gasteiger partial charge >= 0.3 is 0 Å². The molecule has 0 atom stereocenters. The fourth-order valence-electron chi connectivity index (χ4n) is 1.50. The molecule has 1 N–H and O–H groups in total. The second-order valence-electron chi connectivity index (χ2n) is 3.92. The summed E-state index contributed by atoms with van der Waals surface area (Å²) >= 11 is 3.72. The van der Waals surface area contributed by atoms with Crippen LogP contribution >= 0.6 is 23.1 Å². The third kappa shape index (κ3) is 4.54. The first-order valence-electron chi connectivity index (χ1n) is 5.77. The Morgan fingerprint density at radius 1 is 1.18 bits per heavy atom. The Balaban J connectivity index is 1.61. The van der Waals surface area contributed by atoms with Gasteiger partial charge in [0.2, 0.25) is 0 Å². The van der Waals surface area contributed by atoms with E-state index in [1.807, 2.05) is 23.1 Å². The van der Waals surface area contributed by atoms with Crippen molar-refractivity contribution in [2.45, 2.75) is 18.4 Å². The maximum absolute atomic E-state index is 3.46. The summed E-state index contributed by atoms with van der Waals surface area (Å²) in [5.74, 6) is 1.12. The predicted molar refractivity (Wildman–Crippen MR) is 77.9 cm³/mol. The molecule has 90 valence electrons. The second kappa shape index (κ2) is 6.84. The van der Waals surface area contributed by atoms with Gasteiger partial charge in [-0.2, -0.15) is 0 Å². The molecular weight excluding hydrogens is 246 g/mol. The Labute approximate surface area is 111 Å². The van der Waals surface area contributed by atoms with E-state index < -0.39 is 0 Å². The zero-order valence-corrected chi connectivity index (χ0v) is 11.6. The van der Waals surface area contributed by atoms with Crippen LogP contribution in [0.1, 0.15) is 10.4 Å². The van der Waals surface area contributed by atoms with Crippen molar-refractivity contribution in [3.05, 3.63) is 52.2 Å². The Kier molecular flexibility index (Phi) is 5.10. The van der Waals surface area contributed by atoms with E-state index >= 15 is 0 Å². The summed E-state index contributed by atoms with van der Waals surface area (Å²) in [5.41, 5.74) is 1.32. The average Bonchev–Trinajstić information content (AvgIpc) is 2.84. The molecule has 1 nitrogen and oxygen atoms in total. The van der Waals surface area contributed by atoms with Gasteiger partial charge in [0.15, 0.2) is 0 Å². The number of thioether (sulfide) groups is 1. The molecule has 0 saturated carbocycles. The summed E-state index contributed by atoms with van der Waals surface area (Å²) in [5, 5.41) is 5.58. The average molecular weight is 263 g/mol. The molecule has 2 rings (SSSR count). The minimum atomic E-state index is 0.992. The first-order valence-corrected chi connectivity index (χ1v) is 7.64. The zero-order chi connectivity index (χ0) is 11.9. The van der Waals surface area contributed by atoms with Gasteiger partial charge in [0.25, 0.3) is 0 Å². The molecule has 0 bridgehead atoms. The highest BCUT2D eigenvalue weighted by atomic mass is 32.2. The highest BCUT2D eigenvalue weighted by molar-refractivity contribution is 7.99. The van der Waals surface area contributed by atoms with Crippen molar-refractivity contribution in [1.29, 1.82) is 0 Å². The van der Waals surface area contributed by atoms with Crippen molar-refractivity contribution < 1.29 is 0 Å². The van der Waals surface area contributed by atoms with Gasteiger partial charge in [-0.3, -0.25) is 0 Å². The number of hydrogen-bond donors (Lipinski definition) is 1. The molecule has 0 aliphatic carbocycles. The van der Waals surface area contributed by atoms with Gasteiger partial charge in [-0.1, -0.05) is 23.8 Å². The standard InChI is InChI=1S/C14H17NS2/c1-12-4-6-13(7-5-12)17-10-8-15-11-14-3-2-9-16-14/h2-7,9,15H,8,10-11H2,1H3. The highest BCUT2D eigenvalue weighted by Crippen LogP contribution is 2.17. The third-order valence-corrected chi connectivity index (χ3v) is 4.34. The first kappa shape index (κ1) is 12.7. The van der Waals surface area contributed by atoms with Crippen LogP contribution in [0.4, 0.5) is 0 Å². The van der Waals surface area contributed by atoms with Crippen LogP contribution in [0.2, 0.25) is 0 Å². The van der Waals surface area contributed by atoms with Gasteiger partial charge < -0.3 is 5.32 Å². The van der Waals surface area contributed by atoms with Crippen LogP contribution in [-0.4, -0.2) is 12.3 Å². The Bertz CT molecular complexity index is 420. The van der Waals surface area contributed by atoms with Gasteiger partial charge in [0, 0.05) is 28.6 Å². The number of rotatable bonds is 6. The SMILES string of the molecule is Cc1ccc(SCCNCc2cccs2)cc1. The quantitative estimate of drug-likeness (QED) is 0.626. The molecule has 0 radical (unpaired) electrons. The molecule has 0 spiro atoms. The molecule has 1 aromatic carbocycles. The molecule has 0 saturated heterocycles. The van der Waals surface area contributed by atoms with Crippen LogP contribution in [0.3, 0.4) is 0 Å². The molecule has 3 heteroatoms. The lowest BCUT2D eigenvalue weighted by molar-refractivity contribution is 0.741. The smallest absolute Gasteiger partial charge is 0.0300 e. The molecular formula is C14H17NS2. The van der Waals surface area contributed by atoms with Gasteiger partial charge in [-0.25, -0.2) is 0 Å². The molecule has 0 fully saturated rings. The van der Waals surface area contributed by atoms with E-state index in [1.54, 1.807) is 0 Å². The van der Waals surface area contributed by atoms with Crippen molar-refractivity contribution in [2.24, 2.45) is 0 Å². The third-order valence-electron chi connectivity index (χ3n) is 2.45. The summed E-state index contributed by atoms with van der Waals surface area (Å²) in [7, 11) is 0. The first-order chi connectivity index (χ1) is 8.34. The predicted octanol–water partition coefficient (Wildman–Crippen LogP) is 3.94. The maximum atomic E-state index is 3.46. The summed E-state index contributed by atoms with van der Waals surface area (Å²) < 4.78 is 0.